The Bertz CT molecular complexity index is 462. The minimum atomic E-state index is -0.283. The molecule has 0 unspecified atom stereocenters. The van der Waals surface area contributed by atoms with Crippen LogP contribution < -0.4 is 11.5 Å². The fraction of sp³-hybridized carbons (Fsp3) is 0. The minimum absolute atomic E-state index is 0.283. The molecule has 1 heterocycles. The molecule has 0 fully saturated rings. The second-order valence-electron chi connectivity index (χ2n) is 3.03. The first kappa shape index (κ1) is 9.79. The molecule has 0 saturated heterocycles. The second-order valence-corrected chi connectivity index (χ2v) is 4.09. The lowest BCUT2D eigenvalue weighted by molar-refractivity contribution is -0.113. The largest absolute Gasteiger partial charge is 0.399 e. The summed E-state index contributed by atoms with van der Waals surface area (Å²) in [5.41, 5.74) is 12.6. The van der Waals surface area contributed by atoms with Crippen LogP contribution in [0.5, 0.6) is 0 Å². The summed E-state index contributed by atoms with van der Waals surface area (Å²) in [6.45, 7) is 0. The molecular weight excluding hydrogens is 210 g/mol. The fourth-order valence-corrected chi connectivity index (χ4v) is 1.85. The molecule has 0 spiro atoms. The van der Waals surface area contributed by atoms with Crippen LogP contribution >= 0.6 is 11.8 Å². The number of nitrogen functional groups attached to an aromatic ring is 1. The van der Waals surface area contributed by atoms with Crippen molar-refractivity contribution in [3.05, 3.63) is 34.7 Å². The summed E-state index contributed by atoms with van der Waals surface area (Å²) in [6, 6.07) is 7.23. The van der Waals surface area contributed by atoms with Crippen molar-refractivity contribution in [1.82, 2.24) is 0 Å². The third-order valence-electron chi connectivity index (χ3n) is 1.87. The molecule has 1 aliphatic rings. The Balaban J connectivity index is 2.25. The summed E-state index contributed by atoms with van der Waals surface area (Å²) < 4.78 is 0. The van der Waals surface area contributed by atoms with Crippen molar-refractivity contribution >= 4 is 34.6 Å². The Hall–Kier alpha value is -1.75. The molecule has 2 rings (SSSR count). The maximum absolute atomic E-state index is 11.3. The standard InChI is InChI=1S/C10H9N3OS/c11-7-3-1-6(2-4-7)5-8-9(14)13-10(12)15-8/h1-5H,11H2,(H2,12,13,14)/b8-5+. The number of nitrogens with zero attached hydrogens (tertiary/aromatic N) is 1. The van der Waals surface area contributed by atoms with Gasteiger partial charge in [0.05, 0.1) is 4.91 Å². The highest BCUT2D eigenvalue weighted by molar-refractivity contribution is 8.18. The van der Waals surface area contributed by atoms with Crippen LogP contribution in [0.25, 0.3) is 6.08 Å². The van der Waals surface area contributed by atoms with Crippen molar-refractivity contribution in [3.8, 4) is 0 Å². The monoisotopic (exact) mass is 219 g/mol. The zero-order chi connectivity index (χ0) is 10.8. The van der Waals surface area contributed by atoms with Gasteiger partial charge in [0.2, 0.25) is 0 Å². The number of rotatable bonds is 1. The van der Waals surface area contributed by atoms with Gasteiger partial charge >= 0.3 is 0 Å². The molecule has 0 atom stereocenters. The molecule has 76 valence electrons. The number of hydrogen-bond acceptors (Lipinski definition) is 4. The smallest absolute Gasteiger partial charge is 0.286 e. The van der Waals surface area contributed by atoms with Crippen molar-refractivity contribution in [1.29, 1.82) is 0 Å². The molecule has 4 nitrogen and oxygen atoms in total. The third-order valence-corrected chi connectivity index (χ3v) is 2.68. The van der Waals surface area contributed by atoms with Gasteiger partial charge in [-0.15, -0.1) is 0 Å². The molecule has 0 radical (unpaired) electrons. The molecular formula is C10H9N3OS. The van der Waals surface area contributed by atoms with Gasteiger partial charge in [0, 0.05) is 5.69 Å². The van der Waals surface area contributed by atoms with Crippen LogP contribution in [0.2, 0.25) is 0 Å². The van der Waals surface area contributed by atoms with E-state index >= 15 is 0 Å². The van der Waals surface area contributed by atoms with Crippen LogP contribution in [-0.4, -0.2) is 11.1 Å². The Morgan fingerprint density at radius 1 is 1.20 bits per heavy atom. The maximum Gasteiger partial charge on any atom is 0.286 e. The van der Waals surface area contributed by atoms with Crippen molar-refractivity contribution in [3.63, 3.8) is 0 Å². The molecule has 0 saturated carbocycles. The Morgan fingerprint density at radius 3 is 2.40 bits per heavy atom. The summed E-state index contributed by atoms with van der Waals surface area (Å²) in [5.74, 6) is -0.283. The lowest BCUT2D eigenvalue weighted by Gasteiger charge is -1.96. The number of amides is 1. The number of carbonyl (C=O) groups excluding carboxylic acids is 1. The molecule has 1 aromatic carbocycles. The van der Waals surface area contributed by atoms with Crippen molar-refractivity contribution in [2.45, 2.75) is 0 Å². The second kappa shape index (κ2) is 3.78. The van der Waals surface area contributed by atoms with Gasteiger partial charge in [-0.25, -0.2) is 0 Å². The first-order valence-corrected chi connectivity index (χ1v) is 5.10. The van der Waals surface area contributed by atoms with Crippen LogP contribution in [0.4, 0.5) is 5.69 Å². The zero-order valence-electron chi connectivity index (χ0n) is 7.81. The third kappa shape index (κ3) is 2.19. The molecule has 5 heteroatoms. The average molecular weight is 219 g/mol. The van der Waals surface area contributed by atoms with E-state index in [-0.39, 0.29) is 5.91 Å². The molecule has 1 amide bonds. The molecule has 0 aromatic heterocycles. The summed E-state index contributed by atoms with van der Waals surface area (Å²) in [6.07, 6.45) is 1.75. The lowest BCUT2D eigenvalue weighted by atomic mass is 10.2. The quantitative estimate of drug-likeness (QED) is 0.549. The average Bonchev–Trinajstić information content (AvgIpc) is 2.49. The van der Waals surface area contributed by atoms with Gasteiger partial charge in [-0.1, -0.05) is 12.1 Å². The number of amidine groups is 1. The highest BCUT2D eigenvalue weighted by Gasteiger charge is 2.18. The van der Waals surface area contributed by atoms with Crippen molar-refractivity contribution < 1.29 is 4.79 Å². The zero-order valence-corrected chi connectivity index (χ0v) is 8.62. The minimum Gasteiger partial charge on any atom is -0.399 e. The predicted molar refractivity (Wildman–Crippen MR) is 63.1 cm³/mol. The fourth-order valence-electron chi connectivity index (χ4n) is 1.17. The van der Waals surface area contributed by atoms with E-state index in [4.69, 9.17) is 11.5 Å². The van der Waals surface area contributed by atoms with Gasteiger partial charge in [0.15, 0.2) is 5.17 Å². The van der Waals surface area contributed by atoms with E-state index in [9.17, 15) is 4.79 Å². The van der Waals surface area contributed by atoms with Gasteiger partial charge < -0.3 is 11.5 Å². The summed E-state index contributed by atoms with van der Waals surface area (Å²) in [4.78, 5) is 15.4. The molecule has 1 aliphatic heterocycles. The number of carbonyl (C=O) groups is 1. The maximum atomic E-state index is 11.3. The van der Waals surface area contributed by atoms with Gasteiger partial charge in [0.1, 0.15) is 0 Å². The number of thioether (sulfide) groups is 1. The molecule has 1 aromatic rings. The van der Waals surface area contributed by atoms with Gasteiger partial charge in [0.25, 0.3) is 5.91 Å². The summed E-state index contributed by atoms with van der Waals surface area (Å²) >= 11 is 1.18. The summed E-state index contributed by atoms with van der Waals surface area (Å²) in [5, 5.41) is 0.293. The van der Waals surface area contributed by atoms with Crippen LogP contribution in [-0.2, 0) is 4.79 Å². The van der Waals surface area contributed by atoms with Crippen LogP contribution in [0.15, 0.2) is 34.2 Å². The Morgan fingerprint density at radius 2 is 1.87 bits per heavy atom. The summed E-state index contributed by atoms with van der Waals surface area (Å²) in [7, 11) is 0. The SMILES string of the molecule is NC1=NC(=O)/C(=C\c2ccc(N)cc2)S1. The van der Waals surface area contributed by atoms with E-state index in [1.165, 1.54) is 11.8 Å². The van der Waals surface area contributed by atoms with E-state index in [0.29, 0.717) is 15.8 Å². The van der Waals surface area contributed by atoms with E-state index < -0.39 is 0 Å². The molecule has 0 aliphatic carbocycles. The molecule has 0 bridgehead atoms. The lowest BCUT2D eigenvalue weighted by Crippen LogP contribution is -2.01. The van der Waals surface area contributed by atoms with Crippen LogP contribution in [0.3, 0.4) is 0 Å². The van der Waals surface area contributed by atoms with Crippen molar-refractivity contribution in [2.24, 2.45) is 10.7 Å². The topological polar surface area (TPSA) is 81.5 Å². The van der Waals surface area contributed by atoms with E-state index in [0.717, 1.165) is 5.56 Å². The van der Waals surface area contributed by atoms with Crippen molar-refractivity contribution in [2.75, 3.05) is 5.73 Å². The number of hydrogen-bond donors (Lipinski definition) is 2. The van der Waals surface area contributed by atoms with E-state index in [2.05, 4.69) is 4.99 Å². The van der Waals surface area contributed by atoms with E-state index in [1.54, 1.807) is 18.2 Å². The van der Waals surface area contributed by atoms with Crippen LogP contribution in [0.1, 0.15) is 5.56 Å². The number of aliphatic imine (C=N–C) groups is 1. The predicted octanol–water partition coefficient (Wildman–Crippen LogP) is 1.20. The van der Waals surface area contributed by atoms with Gasteiger partial charge in [-0.2, -0.15) is 4.99 Å². The highest BCUT2D eigenvalue weighted by Crippen LogP contribution is 2.26. The van der Waals surface area contributed by atoms with Crippen LogP contribution in [0, 0.1) is 0 Å². The molecule has 15 heavy (non-hydrogen) atoms. The highest BCUT2D eigenvalue weighted by atomic mass is 32.2. The number of nitrogens with two attached hydrogens (primary N) is 2. The first-order valence-electron chi connectivity index (χ1n) is 4.29. The van der Waals surface area contributed by atoms with E-state index in [1.807, 2.05) is 12.1 Å². The first-order chi connectivity index (χ1) is 7.15. The normalized spacial score (nSPS) is 18.3. The Kier molecular flexibility index (Phi) is 2.47. The van der Waals surface area contributed by atoms with Gasteiger partial charge in [-0.05, 0) is 35.5 Å². The number of benzene rings is 1. The Labute approximate surface area is 91.1 Å². The van der Waals surface area contributed by atoms with Gasteiger partial charge in [-0.3, -0.25) is 4.79 Å². The number of anilines is 1. The molecule has 4 N–H and O–H groups in total.